The molecule has 2 rings (SSSR count). The van der Waals surface area contributed by atoms with Crippen LogP contribution in [-0.4, -0.2) is 16.7 Å². The maximum absolute atomic E-state index is 11.9. The molecule has 0 aliphatic heterocycles. The normalized spacial score (nSPS) is 15.4. The lowest BCUT2D eigenvalue weighted by Gasteiger charge is -2.23. The number of hydrogen-bond donors (Lipinski definition) is 0. The Morgan fingerprint density at radius 3 is 2.88 bits per heavy atom. The number of allylic oxidation sites excluding steroid dienone is 2. The number of amides is 1. The molecule has 1 aromatic rings. The summed E-state index contributed by atoms with van der Waals surface area (Å²) in [6.07, 6.45) is 4.76. The Labute approximate surface area is 106 Å². The molecule has 0 spiro atoms. The van der Waals surface area contributed by atoms with E-state index in [1.165, 1.54) is 5.57 Å². The second kappa shape index (κ2) is 5.41. The Morgan fingerprint density at radius 2 is 2.35 bits per heavy atom. The van der Waals surface area contributed by atoms with Crippen LogP contribution < -0.4 is 0 Å². The second-order valence-electron chi connectivity index (χ2n) is 4.27. The lowest BCUT2D eigenvalue weighted by molar-refractivity contribution is -0.127. The van der Waals surface area contributed by atoms with Gasteiger partial charge < -0.3 is 9.32 Å². The average Bonchev–Trinajstić information content (AvgIpc) is 2.96. The summed E-state index contributed by atoms with van der Waals surface area (Å²) in [6, 6.07) is 3.70. The highest BCUT2D eigenvalue weighted by molar-refractivity contribution is 6.27. The van der Waals surface area contributed by atoms with Crippen molar-refractivity contribution in [3.63, 3.8) is 0 Å². The zero-order valence-electron chi connectivity index (χ0n) is 9.91. The third-order valence-corrected chi connectivity index (χ3v) is 3.32. The fourth-order valence-electron chi connectivity index (χ4n) is 2.21. The third kappa shape index (κ3) is 2.72. The van der Waals surface area contributed by atoms with Crippen LogP contribution in [0.2, 0.25) is 0 Å². The van der Waals surface area contributed by atoms with E-state index in [9.17, 15) is 4.79 Å². The van der Waals surface area contributed by atoms with Crippen molar-refractivity contribution in [2.75, 3.05) is 5.88 Å². The Hall–Kier alpha value is -1.22. The van der Waals surface area contributed by atoms with Crippen LogP contribution >= 0.6 is 11.6 Å². The number of furan rings is 1. The number of carbonyl (C=O) groups excluding carboxylic acids is 1. The molecular weight excluding hydrogens is 238 g/mol. The fraction of sp³-hybridized carbons (Fsp3) is 0.462. The van der Waals surface area contributed by atoms with Crippen molar-refractivity contribution in [3.05, 3.63) is 35.4 Å². The molecule has 0 N–H and O–H groups in total. The number of nitrogens with zero attached hydrogens (tertiary/aromatic N) is 1. The molecule has 92 valence electrons. The minimum Gasteiger partial charge on any atom is -0.467 e. The summed E-state index contributed by atoms with van der Waals surface area (Å²) in [5.74, 6) is 0.743. The summed E-state index contributed by atoms with van der Waals surface area (Å²) in [5, 5.41) is 0. The van der Waals surface area contributed by atoms with Gasteiger partial charge in [0, 0.05) is 5.70 Å². The van der Waals surface area contributed by atoms with Gasteiger partial charge in [-0.25, -0.2) is 0 Å². The monoisotopic (exact) mass is 253 g/mol. The van der Waals surface area contributed by atoms with Crippen LogP contribution in [0.15, 0.2) is 34.1 Å². The number of alkyl halides is 1. The molecule has 1 aromatic heterocycles. The highest BCUT2D eigenvalue weighted by Crippen LogP contribution is 2.29. The first-order chi connectivity index (χ1) is 8.22. The number of halogens is 1. The topological polar surface area (TPSA) is 33.5 Å². The average molecular weight is 254 g/mol. The lowest BCUT2D eigenvalue weighted by Crippen LogP contribution is -2.30. The van der Waals surface area contributed by atoms with Crippen LogP contribution in [0, 0.1) is 0 Å². The van der Waals surface area contributed by atoms with E-state index >= 15 is 0 Å². The molecule has 1 aliphatic rings. The predicted octanol–water partition coefficient (Wildman–Crippen LogP) is 3.30. The maximum Gasteiger partial charge on any atom is 0.242 e. The zero-order chi connectivity index (χ0) is 12.3. The minimum atomic E-state index is -0.0562. The van der Waals surface area contributed by atoms with E-state index in [1.807, 2.05) is 12.1 Å². The van der Waals surface area contributed by atoms with Gasteiger partial charge in [0.05, 0.1) is 12.8 Å². The summed E-state index contributed by atoms with van der Waals surface area (Å²) in [4.78, 5) is 13.6. The molecule has 0 atom stereocenters. The van der Waals surface area contributed by atoms with Crippen molar-refractivity contribution >= 4 is 17.5 Å². The van der Waals surface area contributed by atoms with Crippen molar-refractivity contribution in [2.45, 2.75) is 32.7 Å². The molecule has 4 heteroatoms. The zero-order valence-corrected chi connectivity index (χ0v) is 10.7. The van der Waals surface area contributed by atoms with Gasteiger partial charge in [-0.2, -0.15) is 0 Å². The molecule has 3 nitrogen and oxygen atoms in total. The van der Waals surface area contributed by atoms with Gasteiger partial charge in [-0.3, -0.25) is 4.79 Å². The van der Waals surface area contributed by atoms with E-state index < -0.39 is 0 Å². The van der Waals surface area contributed by atoms with Gasteiger partial charge in [0.1, 0.15) is 11.6 Å². The first-order valence-electron chi connectivity index (χ1n) is 5.79. The van der Waals surface area contributed by atoms with Crippen molar-refractivity contribution in [2.24, 2.45) is 0 Å². The fourth-order valence-corrected chi connectivity index (χ4v) is 2.35. The highest BCUT2D eigenvalue weighted by atomic mass is 35.5. The molecule has 0 aromatic carbocycles. The number of hydrogen-bond acceptors (Lipinski definition) is 2. The van der Waals surface area contributed by atoms with Crippen molar-refractivity contribution < 1.29 is 9.21 Å². The van der Waals surface area contributed by atoms with Gasteiger partial charge >= 0.3 is 0 Å². The molecule has 0 radical (unpaired) electrons. The SMILES string of the molecule is CC1=C(N(Cc2ccco2)C(=O)CCl)CCC1. The van der Waals surface area contributed by atoms with E-state index in [1.54, 1.807) is 11.2 Å². The number of carbonyl (C=O) groups is 1. The van der Waals surface area contributed by atoms with E-state index in [-0.39, 0.29) is 11.8 Å². The van der Waals surface area contributed by atoms with E-state index in [2.05, 4.69) is 6.92 Å². The Balaban J connectivity index is 2.19. The summed E-state index contributed by atoms with van der Waals surface area (Å²) in [7, 11) is 0. The molecule has 0 fully saturated rings. The van der Waals surface area contributed by atoms with Crippen LogP contribution in [0.3, 0.4) is 0 Å². The van der Waals surface area contributed by atoms with Crippen LogP contribution in [0.5, 0.6) is 0 Å². The van der Waals surface area contributed by atoms with Crippen molar-refractivity contribution in [3.8, 4) is 0 Å². The van der Waals surface area contributed by atoms with Crippen LogP contribution in [0.1, 0.15) is 31.9 Å². The Bertz CT molecular complexity index is 423. The van der Waals surface area contributed by atoms with Gasteiger partial charge in [0.15, 0.2) is 0 Å². The third-order valence-electron chi connectivity index (χ3n) is 3.09. The van der Waals surface area contributed by atoms with E-state index in [0.29, 0.717) is 6.54 Å². The summed E-state index contributed by atoms with van der Waals surface area (Å²) in [6.45, 7) is 2.56. The molecular formula is C13H16ClNO2. The molecule has 0 bridgehead atoms. The maximum atomic E-state index is 11.9. The first-order valence-corrected chi connectivity index (χ1v) is 6.33. The van der Waals surface area contributed by atoms with Crippen molar-refractivity contribution in [1.82, 2.24) is 4.90 Å². The summed E-state index contributed by atoms with van der Waals surface area (Å²) < 4.78 is 5.29. The molecule has 1 aliphatic carbocycles. The lowest BCUT2D eigenvalue weighted by atomic mass is 10.2. The molecule has 0 saturated heterocycles. The largest absolute Gasteiger partial charge is 0.467 e. The van der Waals surface area contributed by atoms with Gasteiger partial charge in [0.2, 0.25) is 5.91 Å². The van der Waals surface area contributed by atoms with Crippen molar-refractivity contribution in [1.29, 1.82) is 0 Å². The smallest absolute Gasteiger partial charge is 0.242 e. The summed E-state index contributed by atoms with van der Waals surface area (Å²) >= 11 is 5.67. The van der Waals surface area contributed by atoms with Gasteiger partial charge in [-0.1, -0.05) is 5.57 Å². The molecule has 17 heavy (non-hydrogen) atoms. The molecule has 1 heterocycles. The Morgan fingerprint density at radius 1 is 1.53 bits per heavy atom. The van der Waals surface area contributed by atoms with Gasteiger partial charge in [-0.05, 0) is 38.3 Å². The van der Waals surface area contributed by atoms with E-state index in [4.69, 9.17) is 16.0 Å². The van der Waals surface area contributed by atoms with Crippen LogP contribution in [0.4, 0.5) is 0 Å². The molecule has 1 amide bonds. The first kappa shape index (κ1) is 12.2. The summed E-state index contributed by atoms with van der Waals surface area (Å²) in [5.41, 5.74) is 2.40. The number of rotatable bonds is 4. The quantitative estimate of drug-likeness (QED) is 0.772. The minimum absolute atomic E-state index is 0.0114. The van der Waals surface area contributed by atoms with Crippen LogP contribution in [-0.2, 0) is 11.3 Å². The standard InChI is InChI=1S/C13H16ClNO2/c1-10-4-2-6-12(10)15(13(16)8-14)9-11-5-3-7-17-11/h3,5,7H,2,4,6,8-9H2,1H3. The van der Waals surface area contributed by atoms with E-state index in [0.717, 1.165) is 30.7 Å². The Kier molecular flexibility index (Phi) is 3.89. The predicted molar refractivity (Wildman–Crippen MR) is 66.5 cm³/mol. The van der Waals surface area contributed by atoms with Crippen LogP contribution in [0.25, 0.3) is 0 Å². The van der Waals surface area contributed by atoms with Gasteiger partial charge in [-0.15, -0.1) is 11.6 Å². The van der Waals surface area contributed by atoms with Gasteiger partial charge in [0.25, 0.3) is 0 Å². The molecule has 0 saturated carbocycles. The highest BCUT2D eigenvalue weighted by Gasteiger charge is 2.23. The second-order valence-corrected chi connectivity index (χ2v) is 4.54. The molecule has 0 unspecified atom stereocenters.